The molecule has 0 unspecified atom stereocenters. The summed E-state index contributed by atoms with van der Waals surface area (Å²) in [5.41, 5.74) is 2.36. The first-order chi connectivity index (χ1) is 15.8. The summed E-state index contributed by atoms with van der Waals surface area (Å²) in [6.07, 6.45) is 2.33. The molecule has 0 spiro atoms. The second-order valence-electron chi connectivity index (χ2n) is 9.05. The monoisotopic (exact) mass is 474 g/mol. The zero-order chi connectivity index (χ0) is 23.5. The fourth-order valence-electron chi connectivity index (χ4n) is 4.22. The Bertz CT molecular complexity index is 1110. The Balaban J connectivity index is 1.43. The van der Waals surface area contributed by atoms with Crippen LogP contribution in [0.1, 0.15) is 55.3 Å². The van der Waals surface area contributed by atoms with E-state index in [1.165, 1.54) is 0 Å². The number of nitrogens with one attached hydrogen (secondary N) is 2. The minimum absolute atomic E-state index is 0.0670. The van der Waals surface area contributed by atoms with E-state index >= 15 is 4.39 Å². The Labute approximate surface area is 197 Å². The van der Waals surface area contributed by atoms with Gasteiger partial charge in [-0.1, -0.05) is 37.6 Å². The van der Waals surface area contributed by atoms with Crippen molar-refractivity contribution in [2.75, 3.05) is 18.4 Å². The number of hydrogen-bond acceptors (Lipinski definition) is 5. The van der Waals surface area contributed by atoms with Gasteiger partial charge in [0.25, 0.3) is 0 Å². The van der Waals surface area contributed by atoms with Gasteiger partial charge in [0, 0.05) is 23.9 Å². The molecule has 0 amide bonds. The standard InChI is InChI=1S/C24H29ClF2N6/c1-14(2)23-22(27)19(28-24(30-23)29-20-11-15(3)31-32-20)12-16-7-9-33(10-8-16)13-17-5-4-6-18(25)21(17)26/h4-6,11,14,16H,7-10,12-13H2,1-3H3,(H2,28,29,30,31,32). The van der Waals surface area contributed by atoms with Crippen molar-refractivity contribution >= 4 is 23.4 Å². The predicted octanol–water partition coefficient (Wildman–Crippen LogP) is 5.76. The number of aromatic amines is 1. The molecule has 0 atom stereocenters. The molecular formula is C24H29ClF2N6. The topological polar surface area (TPSA) is 69.7 Å². The summed E-state index contributed by atoms with van der Waals surface area (Å²) in [6.45, 7) is 7.91. The lowest BCUT2D eigenvalue weighted by Gasteiger charge is -2.32. The van der Waals surface area contributed by atoms with E-state index in [9.17, 15) is 4.39 Å². The third-order valence-corrected chi connectivity index (χ3v) is 6.34. The highest BCUT2D eigenvalue weighted by Crippen LogP contribution is 2.28. The number of anilines is 2. The van der Waals surface area contributed by atoms with Gasteiger partial charge in [-0.15, -0.1) is 0 Å². The van der Waals surface area contributed by atoms with E-state index in [4.69, 9.17) is 11.6 Å². The molecule has 0 saturated carbocycles. The van der Waals surface area contributed by atoms with Gasteiger partial charge in [0.1, 0.15) is 5.82 Å². The summed E-state index contributed by atoms with van der Waals surface area (Å²) in [5.74, 6) is 0.518. The molecule has 1 saturated heterocycles. The van der Waals surface area contributed by atoms with Crippen LogP contribution in [-0.2, 0) is 13.0 Å². The van der Waals surface area contributed by atoms with Crippen LogP contribution in [0.3, 0.4) is 0 Å². The van der Waals surface area contributed by atoms with E-state index in [2.05, 4.69) is 30.4 Å². The van der Waals surface area contributed by atoms with E-state index in [1.54, 1.807) is 18.2 Å². The van der Waals surface area contributed by atoms with Gasteiger partial charge in [0.15, 0.2) is 11.6 Å². The Morgan fingerprint density at radius 3 is 2.61 bits per heavy atom. The first-order valence-electron chi connectivity index (χ1n) is 11.3. The summed E-state index contributed by atoms with van der Waals surface area (Å²) in [5, 5.41) is 10.3. The van der Waals surface area contributed by atoms with Crippen molar-refractivity contribution in [1.29, 1.82) is 0 Å². The number of aryl methyl sites for hydroxylation is 1. The van der Waals surface area contributed by atoms with Gasteiger partial charge >= 0.3 is 0 Å². The van der Waals surface area contributed by atoms with Crippen LogP contribution in [0.4, 0.5) is 20.5 Å². The maximum atomic E-state index is 15.2. The average Bonchev–Trinajstić information content (AvgIpc) is 3.19. The number of H-pyrrole nitrogens is 1. The molecule has 3 aromatic rings. The molecule has 1 aromatic carbocycles. The second-order valence-corrected chi connectivity index (χ2v) is 9.45. The number of hydrogen-bond donors (Lipinski definition) is 2. The number of piperidine rings is 1. The van der Waals surface area contributed by atoms with Crippen LogP contribution in [0.5, 0.6) is 0 Å². The summed E-state index contributed by atoms with van der Waals surface area (Å²) in [6, 6.07) is 6.95. The molecule has 9 heteroatoms. The highest BCUT2D eigenvalue weighted by atomic mass is 35.5. The summed E-state index contributed by atoms with van der Waals surface area (Å²) in [7, 11) is 0. The number of rotatable bonds is 7. The maximum Gasteiger partial charge on any atom is 0.229 e. The summed E-state index contributed by atoms with van der Waals surface area (Å²) in [4.78, 5) is 11.1. The molecule has 33 heavy (non-hydrogen) atoms. The zero-order valence-corrected chi connectivity index (χ0v) is 19.9. The first-order valence-corrected chi connectivity index (χ1v) is 11.7. The fraction of sp³-hybridized carbons (Fsp3) is 0.458. The molecule has 1 aliphatic heterocycles. The molecule has 4 rings (SSSR count). The lowest BCUT2D eigenvalue weighted by molar-refractivity contribution is 0.174. The molecular weight excluding hydrogens is 446 g/mol. The quantitative estimate of drug-likeness (QED) is 0.455. The Hall–Kier alpha value is -2.58. The number of aromatic nitrogens is 4. The number of halogens is 3. The zero-order valence-electron chi connectivity index (χ0n) is 19.1. The minimum atomic E-state index is -0.349. The van der Waals surface area contributed by atoms with Gasteiger partial charge in [-0.2, -0.15) is 5.10 Å². The number of likely N-dealkylation sites (tertiary alicyclic amines) is 1. The third kappa shape index (κ3) is 5.68. The normalized spacial score (nSPS) is 15.4. The molecule has 1 fully saturated rings. The Morgan fingerprint density at radius 2 is 1.94 bits per heavy atom. The summed E-state index contributed by atoms with van der Waals surface area (Å²) < 4.78 is 29.4. The maximum absolute atomic E-state index is 15.2. The van der Waals surface area contributed by atoms with Crippen LogP contribution in [0.15, 0.2) is 24.3 Å². The number of benzene rings is 1. The average molecular weight is 475 g/mol. The largest absolute Gasteiger partial charge is 0.307 e. The summed E-state index contributed by atoms with van der Waals surface area (Å²) >= 11 is 5.91. The highest BCUT2D eigenvalue weighted by Gasteiger charge is 2.25. The molecule has 0 aliphatic carbocycles. The number of nitrogens with zero attached hydrogens (tertiary/aromatic N) is 4. The van der Waals surface area contributed by atoms with E-state index in [-0.39, 0.29) is 22.6 Å². The molecule has 176 valence electrons. The SMILES string of the molecule is Cc1cc(Nc2nc(CC3CCN(Cc4cccc(Cl)c4F)CC3)c(F)c(C(C)C)n2)n[nH]1. The van der Waals surface area contributed by atoms with Gasteiger partial charge in [0.2, 0.25) is 5.95 Å². The van der Waals surface area contributed by atoms with Crippen molar-refractivity contribution in [2.24, 2.45) is 5.92 Å². The van der Waals surface area contributed by atoms with Gasteiger partial charge in [-0.25, -0.2) is 18.7 Å². The van der Waals surface area contributed by atoms with Gasteiger partial charge in [-0.05, 0) is 57.2 Å². The van der Waals surface area contributed by atoms with Crippen molar-refractivity contribution in [3.63, 3.8) is 0 Å². The third-order valence-electron chi connectivity index (χ3n) is 6.05. The van der Waals surface area contributed by atoms with Crippen LogP contribution in [0.25, 0.3) is 0 Å². The van der Waals surface area contributed by atoms with Gasteiger partial charge in [0.05, 0.1) is 16.4 Å². The van der Waals surface area contributed by atoms with Gasteiger partial charge < -0.3 is 5.32 Å². The van der Waals surface area contributed by atoms with Crippen molar-refractivity contribution < 1.29 is 8.78 Å². The Kier molecular flexibility index (Phi) is 7.24. The van der Waals surface area contributed by atoms with Gasteiger partial charge in [-0.3, -0.25) is 10.00 Å². The second kappa shape index (κ2) is 10.1. The molecule has 0 radical (unpaired) electrons. The van der Waals surface area contributed by atoms with Crippen molar-refractivity contribution in [3.05, 3.63) is 63.6 Å². The van der Waals surface area contributed by atoms with E-state index in [0.29, 0.717) is 47.6 Å². The molecule has 6 nitrogen and oxygen atoms in total. The lowest BCUT2D eigenvalue weighted by Crippen LogP contribution is -2.34. The molecule has 1 aliphatic rings. The van der Waals surface area contributed by atoms with Crippen molar-refractivity contribution in [1.82, 2.24) is 25.1 Å². The minimum Gasteiger partial charge on any atom is -0.307 e. The van der Waals surface area contributed by atoms with Crippen LogP contribution in [-0.4, -0.2) is 38.2 Å². The first kappa shape index (κ1) is 23.6. The fourth-order valence-corrected chi connectivity index (χ4v) is 4.41. The molecule has 0 bridgehead atoms. The van der Waals surface area contributed by atoms with Crippen LogP contribution >= 0.6 is 11.6 Å². The van der Waals surface area contributed by atoms with E-state index in [0.717, 1.165) is 31.6 Å². The van der Waals surface area contributed by atoms with E-state index in [1.807, 2.05) is 26.8 Å². The predicted molar refractivity (Wildman–Crippen MR) is 126 cm³/mol. The van der Waals surface area contributed by atoms with Crippen LogP contribution in [0.2, 0.25) is 5.02 Å². The highest BCUT2D eigenvalue weighted by molar-refractivity contribution is 6.30. The van der Waals surface area contributed by atoms with Crippen LogP contribution in [0, 0.1) is 24.5 Å². The van der Waals surface area contributed by atoms with Crippen molar-refractivity contribution in [2.45, 2.75) is 52.5 Å². The van der Waals surface area contributed by atoms with Crippen molar-refractivity contribution in [3.8, 4) is 0 Å². The van der Waals surface area contributed by atoms with E-state index < -0.39 is 0 Å². The Morgan fingerprint density at radius 1 is 1.18 bits per heavy atom. The molecule has 2 N–H and O–H groups in total. The molecule has 2 aromatic heterocycles. The molecule has 3 heterocycles. The smallest absolute Gasteiger partial charge is 0.229 e. The van der Waals surface area contributed by atoms with Crippen LogP contribution < -0.4 is 5.32 Å². The lowest BCUT2D eigenvalue weighted by atomic mass is 9.91.